The highest BCUT2D eigenvalue weighted by Gasteiger charge is 2.33. The molecule has 3 nitrogen and oxygen atoms in total. The summed E-state index contributed by atoms with van der Waals surface area (Å²) in [5, 5.41) is 9.23. The Labute approximate surface area is 93.0 Å². The number of halogens is 1. The van der Waals surface area contributed by atoms with Gasteiger partial charge in [0.05, 0.1) is 5.69 Å². The molecule has 2 rings (SSSR count). The summed E-state index contributed by atoms with van der Waals surface area (Å²) in [5.41, 5.74) is 1.59. The lowest BCUT2D eigenvalue weighted by atomic mass is 9.84. The van der Waals surface area contributed by atoms with Crippen LogP contribution in [-0.4, -0.2) is 20.3 Å². The van der Waals surface area contributed by atoms with Crippen molar-refractivity contribution in [2.75, 3.05) is 5.33 Å². The minimum absolute atomic E-state index is 0.454. The van der Waals surface area contributed by atoms with Gasteiger partial charge in [-0.1, -0.05) is 34.0 Å². The number of aryl methyl sites for hydroxylation is 1. The van der Waals surface area contributed by atoms with Gasteiger partial charge in [-0.15, -0.1) is 5.10 Å². The molecule has 1 fully saturated rings. The largest absolute Gasteiger partial charge is 0.255 e. The second-order valence-corrected chi connectivity index (χ2v) is 4.96. The molecule has 1 aliphatic rings. The van der Waals surface area contributed by atoms with Crippen molar-refractivity contribution in [2.24, 2.45) is 12.5 Å². The first-order valence-electron chi connectivity index (χ1n) is 5.15. The molecule has 0 aromatic carbocycles. The van der Waals surface area contributed by atoms with E-state index >= 15 is 0 Å². The van der Waals surface area contributed by atoms with Crippen LogP contribution in [0.15, 0.2) is 6.20 Å². The number of rotatable bonds is 3. The van der Waals surface area contributed by atoms with Crippen LogP contribution >= 0.6 is 15.9 Å². The molecule has 78 valence electrons. The van der Waals surface area contributed by atoms with Crippen LogP contribution in [0, 0.1) is 5.41 Å². The van der Waals surface area contributed by atoms with Crippen LogP contribution in [-0.2, 0) is 13.5 Å². The smallest absolute Gasteiger partial charge is 0.0832 e. The van der Waals surface area contributed by atoms with Gasteiger partial charge >= 0.3 is 0 Å². The molecule has 14 heavy (non-hydrogen) atoms. The third-order valence-electron chi connectivity index (χ3n) is 3.15. The minimum atomic E-state index is 0.454. The molecule has 1 saturated carbocycles. The van der Waals surface area contributed by atoms with Gasteiger partial charge in [0, 0.05) is 18.6 Å². The van der Waals surface area contributed by atoms with Crippen LogP contribution in [0.5, 0.6) is 0 Å². The van der Waals surface area contributed by atoms with Crippen LogP contribution in [0.4, 0.5) is 0 Å². The molecular weight excluding hydrogens is 242 g/mol. The molecule has 0 radical (unpaired) electrons. The molecule has 1 aliphatic carbocycles. The number of nitrogens with zero attached hydrogens (tertiary/aromatic N) is 3. The van der Waals surface area contributed by atoms with Gasteiger partial charge in [-0.05, 0) is 24.7 Å². The third kappa shape index (κ3) is 2.00. The van der Waals surface area contributed by atoms with Gasteiger partial charge in [0.2, 0.25) is 0 Å². The van der Waals surface area contributed by atoms with Gasteiger partial charge < -0.3 is 0 Å². The summed E-state index contributed by atoms with van der Waals surface area (Å²) < 4.78 is 1.78. The van der Waals surface area contributed by atoms with E-state index in [0.29, 0.717) is 5.41 Å². The number of alkyl halides is 1. The van der Waals surface area contributed by atoms with Crippen molar-refractivity contribution in [3.05, 3.63) is 11.9 Å². The Balaban J connectivity index is 2.08. The van der Waals surface area contributed by atoms with Crippen molar-refractivity contribution in [2.45, 2.75) is 32.1 Å². The molecular formula is C10H16BrN3. The SMILES string of the molecule is Cn1cc(CC2(CBr)CCCC2)nn1. The summed E-state index contributed by atoms with van der Waals surface area (Å²) in [7, 11) is 1.92. The molecule has 1 aromatic rings. The number of aromatic nitrogens is 3. The first kappa shape index (κ1) is 10.1. The molecule has 1 aromatic heterocycles. The van der Waals surface area contributed by atoms with Crippen LogP contribution in [0.1, 0.15) is 31.4 Å². The Morgan fingerprint density at radius 3 is 2.71 bits per heavy atom. The van der Waals surface area contributed by atoms with Crippen molar-refractivity contribution in [1.82, 2.24) is 15.0 Å². The van der Waals surface area contributed by atoms with E-state index in [2.05, 4.69) is 26.2 Å². The van der Waals surface area contributed by atoms with Crippen LogP contribution in [0.25, 0.3) is 0 Å². The standard InChI is InChI=1S/C10H16BrN3/c1-14-7-9(12-13-14)6-10(8-11)4-2-3-5-10/h7H,2-6,8H2,1H3. The molecule has 0 saturated heterocycles. The second kappa shape index (κ2) is 4.01. The van der Waals surface area contributed by atoms with Crippen molar-refractivity contribution < 1.29 is 0 Å². The zero-order chi connectivity index (χ0) is 10.0. The summed E-state index contributed by atoms with van der Waals surface area (Å²) >= 11 is 3.64. The summed E-state index contributed by atoms with van der Waals surface area (Å²) in [6.45, 7) is 0. The Kier molecular flexibility index (Phi) is 2.91. The Bertz CT molecular complexity index is 302. The molecule has 0 atom stereocenters. The van der Waals surface area contributed by atoms with E-state index in [1.165, 1.54) is 25.7 Å². The first-order valence-corrected chi connectivity index (χ1v) is 6.27. The molecule has 0 amide bonds. The maximum atomic E-state index is 4.16. The zero-order valence-corrected chi connectivity index (χ0v) is 10.1. The van der Waals surface area contributed by atoms with E-state index in [9.17, 15) is 0 Å². The normalized spacial score (nSPS) is 20.1. The van der Waals surface area contributed by atoms with Gasteiger partial charge in [0.25, 0.3) is 0 Å². The maximum Gasteiger partial charge on any atom is 0.0832 e. The molecule has 0 aliphatic heterocycles. The van der Waals surface area contributed by atoms with E-state index in [0.717, 1.165) is 17.4 Å². The van der Waals surface area contributed by atoms with Crippen LogP contribution in [0.3, 0.4) is 0 Å². The van der Waals surface area contributed by atoms with E-state index < -0.39 is 0 Å². The lowest BCUT2D eigenvalue weighted by Crippen LogP contribution is -2.21. The summed E-state index contributed by atoms with van der Waals surface area (Å²) in [6, 6.07) is 0. The number of hydrogen-bond acceptors (Lipinski definition) is 2. The molecule has 0 bridgehead atoms. The topological polar surface area (TPSA) is 30.7 Å². The molecule has 0 spiro atoms. The van der Waals surface area contributed by atoms with Crippen molar-refractivity contribution >= 4 is 15.9 Å². The fraction of sp³-hybridized carbons (Fsp3) is 0.800. The Morgan fingerprint density at radius 1 is 1.50 bits per heavy atom. The molecule has 0 N–H and O–H groups in total. The maximum absolute atomic E-state index is 4.16. The lowest BCUT2D eigenvalue weighted by molar-refractivity contribution is 0.343. The first-order chi connectivity index (χ1) is 6.74. The van der Waals surface area contributed by atoms with Gasteiger partial charge in [-0.25, -0.2) is 0 Å². The second-order valence-electron chi connectivity index (χ2n) is 4.40. The number of hydrogen-bond donors (Lipinski definition) is 0. The van der Waals surface area contributed by atoms with E-state index in [1.807, 2.05) is 13.2 Å². The molecule has 1 heterocycles. The zero-order valence-electron chi connectivity index (χ0n) is 8.54. The molecule has 0 unspecified atom stereocenters. The highest BCUT2D eigenvalue weighted by atomic mass is 79.9. The average Bonchev–Trinajstić information content (AvgIpc) is 2.77. The lowest BCUT2D eigenvalue weighted by Gasteiger charge is -2.24. The van der Waals surface area contributed by atoms with Gasteiger partial charge in [0.1, 0.15) is 0 Å². The highest BCUT2D eigenvalue weighted by molar-refractivity contribution is 9.09. The Morgan fingerprint density at radius 2 is 2.21 bits per heavy atom. The van der Waals surface area contributed by atoms with Crippen molar-refractivity contribution in [3.63, 3.8) is 0 Å². The van der Waals surface area contributed by atoms with E-state index in [1.54, 1.807) is 4.68 Å². The van der Waals surface area contributed by atoms with Crippen LogP contribution in [0.2, 0.25) is 0 Å². The van der Waals surface area contributed by atoms with Crippen molar-refractivity contribution in [3.8, 4) is 0 Å². The summed E-state index contributed by atoms with van der Waals surface area (Å²) in [5.74, 6) is 0. The third-order valence-corrected chi connectivity index (χ3v) is 4.34. The van der Waals surface area contributed by atoms with E-state index in [4.69, 9.17) is 0 Å². The van der Waals surface area contributed by atoms with Gasteiger partial charge in [-0.2, -0.15) is 0 Å². The predicted molar refractivity (Wildman–Crippen MR) is 59.4 cm³/mol. The van der Waals surface area contributed by atoms with Crippen molar-refractivity contribution in [1.29, 1.82) is 0 Å². The predicted octanol–water partition coefficient (Wildman–Crippen LogP) is 2.31. The monoisotopic (exact) mass is 257 g/mol. The highest BCUT2D eigenvalue weighted by Crippen LogP contribution is 2.41. The van der Waals surface area contributed by atoms with Crippen LogP contribution < -0.4 is 0 Å². The average molecular weight is 258 g/mol. The van der Waals surface area contributed by atoms with Gasteiger partial charge in [0.15, 0.2) is 0 Å². The fourth-order valence-corrected chi connectivity index (χ4v) is 3.10. The van der Waals surface area contributed by atoms with Gasteiger partial charge in [-0.3, -0.25) is 4.68 Å². The minimum Gasteiger partial charge on any atom is -0.255 e. The fourth-order valence-electron chi connectivity index (χ4n) is 2.34. The summed E-state index contributed by atoms with van der Waals surface area (Å²) in [6.07, 6.45) is 8.50. The molecule has 4 heteroatoms. The van der Waals surface area contributed by atoms with E-state index in [-0.39, 0.29) is 0 Å². The summed E-state index contributed by atoms with van der Waals surface area (Å²) in [4.78, 5) is 0. The Hall–Kier alpha value is -0.380. The quantitative estimate of drug-likeness (QED) is 0.779.